The Morgan fingerprint density at radius 3 is 2.59 bits per heavy atom. The minimum absolute atomic E-state index is 0.343. The van der Waals surface area contributed by atoms with Crippen LogP contribution in [0.5, 0.6) is 5.75 Å². The average Bonchev–Trinajstić information content (AvgIpc) is 2.66. The number of aliphatic carboxylic acids is 1. The van der Waals surface area contributed by atoms with Crippen molar-refractivity contribution in [2.24, 2.45) is 0 Å². The van der Waals surface area contributed by atoms with Crippen LogP contribution < -0.4 is 15.7 Å². The highest BCUT2D eigenvalue weighted by atomic mass is 16.5. The quantitative estimate of drug-likeness (QED) is 0.464. The highest BCUT2D eigenvalue weighted by Gasteiger charge is 2.20. The van der Waals surface area contributed by atoms with Gasteiger partial charge in [-0.05, 0) is 51.3 Å². The molecule has 1 amide bonds. The van der Waals surface area contributed by atoms with Gasteiger partial charge in [-0.25, -0.2) is 4.79 Å². The number of aryl methyl sites for hydroxylation is 1. The first-order chi connectivity index (χ1) is 13.7. The third kappa shape index (κ3) is 5.82. The number of carbonyl (C=O) groups is 2. The predicted octanol–water partition coefficient (Wildman–Crippen LogP) is 3.58. The van der Waals surface area contributed by atoms with Gasteiger partial charge in [-0.3, -0.25) is 9.59 Å². The van der Waals surface area contributed by atoms with E-state index in [2.05, 4.69) is 12.2 Å². The number of carboxylic acid groups (broad SMARTS) is 1. The number of unbranched alkanes of at least 4 members (excludes halogenated alkanes) is 3. The van der Waals surface area contributed by atoms with Crippen LogP contribution in [0.1, 0.15) is 57.6 Å². The molecule has 29 heavy (non-hydrogen) atoms. The monoisotopic (exact) mass is 403 g/mol. The molecule has 0 aliphatic heterocycles. The Morgan fingerprint density at radius 2 is 1.93 bits per heavy atom. The summed E-state index contributed by atoms with van der Waals surface area (Å²) in [7, 11) is 0. The van der Waals surface area contributed by atoms with Crippen LogP contribution in [0.2, 0.25) is 0 Å². The molecular formula is C22H29NO6. The Bertz CT molecular complexity index is 933. The first-order valence-corrected chi connectivity index (χ1v) is 10.0. The minimum Gasteiger partial charge on any atom is -0.481 e. The van der Waals surface area contributed by atoms with Gasteiger partial charge in [0.1, 0.15) is 17.4 Å². The molecule has 158 valence electrons. The summed E-state index contributed by atoms with van der Waals surface area (Å²) in [5.41, 5.74) is 1.66. The second kappa shape index (κ2) is 10.1. The summed E-state index contributed by atoms with van der Waals surface area (Å²) in [6.45, 7) is 6.96. The summed E-state index contributed by atoms with van der Waals surface area (Å²) in [5, 5.41) is 12.1. The zero-order valence-corrected chi connectivity index (χ0v) is 17.4. The molecule has 0 aliphatic rings. The third-order valence-corrected chi connectivity index (χ3v) is 4.95. The smallest absolute Gasteiger partial charge is 0.339 e. The zero-order valence-electron chi connectivity index (χ0n) is 17.4. The molecular weight excluding hydrogens is 374 g/mol. The number of carbonyl (C=O) groups excluding carboxylic acids is 1. The van der Waals surface area contributed by atoms with Crippen LogP contribution in [-0.4, -0.2) is 29.1 Å². The van der Waals surface area contributed by atoms with E-state index in [9.17, 15) is 14.4 Å². The molecule has 2 atom stereocenters. The normalized spacial score (nSPS) is 13.1. The van der Waals surface area contributed by atoms with Crippen LogP contribution in [0, 0.1) is 6.92 Å². The van der Waals surface area contributed by atoms with E-state index in [-0.39, 0.29) is 5.63 Å². The van der Waals surface area contributed by atoms with Gasteiger partial charge in [-0.15, -0.1) is 0 Å². The number of ether oxygens (including phenoxy) is 1. The first-order valence-electron chi connectivity index (χ1n) is 10.0. The third-order valence-electron chi connectivity index (χ3n) is 4.95. The molecule has 1 aromatic heterocycles. The molecule has 1 aromatic carbocycles. The van der Waals surface area contributed by atoms with Crippen molar-refractivity contribution in [1.82, 2.24) is 5.32 Å². The van der Waals surface area contributed by atoms with Crippen molar-refractivity contribution in [3.05, 3.63) is 39.7 Å². The lowest BCUT2D eigenvalue weighted by Crippen LogP contribution is -2.44. The number of carboxylic acids is 1. The fourth-order valence-electron chi connectivity index (χ4n) is 3.12. The number of nitrogens with one attached hydrogen (secondary N) is 1. The number of benzene rings is 1. The van der Waals surface area contributed by atoms with E-state index in [1.165, 1.54) is 13.8 Å². The van der Waals surface area contributed by atoms with Crippen LogP contribution in [0.4, 0.5) is 0 Å². The van der Waals surface area contributed by atoms with Crippen molar-refractivity contribution >= 4 is 22.8 Å². The number of hydrogen-bond acceptors (Lipinski definition) is 5. The molecule has 7 nitrogen and oxygen atoms in total. The van der Waals surface area contributed by atoms with Crippen molar-refractivity contribution in [2.75, 3.05) is 0 Å². The molecule has 0 bridgehead atoms. The molecule has 2 aromatic rings. The maximum absolute atomic E-state index is 12.4. The average molecular weight is 403 g/mol. The van der Waals surface area contributed by atoms with E-state index in [1.54, 1.807) is 12.1 Å². The molecule has 0 aliphatic carbocycles. The van der Waals surface area contributed by atoms with Gasteiger partial charge in [-0.1, -0.05) is 26.2 Å². The van der Waals surface area contributed by atoms with E-state index >= 15 is 0 Å². The van der Waals surface area contributed by atoms with Gasteiger partial charge in [0.15, 0.2) is 6.10 Å². The fourth-order valence-corrected chi connectivity index (χ4v) is 3.12. The zero-order chi connectivity index (χ0) is 21.6. The lowest BCUT2D eigenvalue weighted by Gasteiger charge is -2.17. The van der Waals surface area contributed by atoms with E-state index in [0.29, 0.717) is 23.3 Å². The standard InChI is InChI=1S/C22H29NO6/c1-5-6-7-8-9-18-13(2)17-11-10-16(12-19(17)29-22(18)27)28-15(4)20(24)23-14(3)21(25)26/h10-12,14-15H,5-9H2,1-4H3,(H,23,24)(H,25,26)/t14-,15-/m1/s1. The van der Waals surface area contributed by atoms with Gasteiger partial charge in [-0.2, -0.15) is 0 Å². The lowest BCUT2D eigenvalue weighted by atomic mass is 10.0. The Hall–Kier alpha value is -2.83. The van der Waals surface area contributed by atoms with E-state index in [4.69, 9.17) is 14.3 Å². The second-order valence-corrected chi connectivity index (χ2v) is 7.29. The molecule has 2 N–H and O–H groups in total. The molecule has 0 saturated carbocycles. The Kier molecular flexibility index (Phi) is 7.82. The highest BCUT2D eigenvalue weighted by molar-refractivity contribution is 5.86. The van der Waals surface area contributed by atoms with Gasteiger partial charge in [0.05, 0.1) is 0 Å². The van der Waals surface area contributed by atoms with Crippen molar-refractivity contribution in [2.45, 2.75) is 71.9 Å². The molecule has 0 unspecified atom stereocenters. The maximum Gasteiger partial charge on any atom is 0.339 e. The highest BCUT2D eigenvalue weighted by Crippen LogP contribution is 2.25. The summed E-state index contributed by atoms with van der Waals surface area (Å²) in [6.07, 6.45) is 4.12. The summed E-state index contributed by atoms with van der Waals surface area (Å²) in [4.78, 5) is 35.3. The topological polar surface area (TPSA) is 106 Å². The summed E-state index contributed by atoms with van der Waals surface area (Å²) >= 11 is 0. The van der Waals surface area contributed by atoms with Crippen LogP contribution in [-0.2, 0) is 16.0 Å². The molecule has 7 heteroatoms. The first kappa shape index (κ1) is 22.5. The Morgan fingerprint density at radius 1 is 1.21 bits per heavy atom. The molecule has 1 heterocycles. The molecule has 2 rings (SSSR count). The Balaban J connectivity index is 2.16. The largest absolute Gasteiger partial charge is 0.481 e. The van der Waals surface area contributed by atoms with E-state index < -0.39 is 24.0 Å². The number of rotatable bonds is 10. The SMILES string of the molecule is CCCCCCc1c(C)c2ccc(O[C@H](C)C(=O)N[C@H](C)C(=O)O)cc2oc1=O. The number of fused-ring (bicyclic) bond motifs is 1. The molecule has 0 radical (unpaired) electrons. The number of amides is 1. The number of hydrogen-bond donors (Lipinski definition) is 2. The van der Waals surface area contributed by atoms with Gasteiger partial charge in [0.25, 0.3) is 5.91 Å². The van der Waals surface area contributed by atoms with Gasteiger partial charge in [0.2, 0.25) is 0 Å². The fraction of sp³-hybridized carbons (Fsp3) is 0.500. The van der Waals surface area contributed by atoms with Crippen LogP contribution >= 0.6 is 0 Å². The van der Waals surface area contributed by atoms with Gasteiger partial charge < -0.3 is 19.6 Å². The van der Waals surface area contributed by atoms with E-state index in [1.807, 2.05) is 13.0 Å². The predicted molar refractivity (Wildman–Crippen MR) is 110 cm³/mol. The summed E-state index contributed by atoms with van der Waals surface area (Å²) < 4.78 is 11.1. The van der Waals surface area contributed by atoms with Crippen molar-refractivity contribution < 1.29 is 23.8 Å². The van der Waals surface area contributed by atoms with Crippen LogP contribution in [0.25, 0.3) is 11.0 Å². The van der Waals surface area contributed by atoms with Crippen LogP contribution in [0.3, 0.4) is 0 Å². The van der Waals surface area contributed by atoms with Crippen molar-refractivity contribution in [3.8, 4) is 5.75 Å². The summed E-state index contributed by atoms with van der Waals surface area (Å²) in [6, 6.07) is 4.08. The van der Waals surface area contributed by atoms with Gasteiger partial charge in [0, 0.05) is 17.0 Å². The second-order valence-electron chi connectivity index (χ2n) is 7.29. The maximum atomic E-state index is 12.4. The van der Waals surface area contributed by atoms with Crippen LogP contribution in [0.15, 0.2) is 27.4 Å². The van der Waals surface area contributed by atoms with E-state index in [0.717, 1.165) is 36.6 Å². The lowest BCUT2D eigenvalue weighted by molar-refractivity contribution is -0.142. The molecule has 0 fully saturated rings. The molecule has 0 spiro atoms. The summed E-state index contributed by atoms with van der Waals surface area (Å²) in [5.74, 6) is -1.31. The van der Waals surface area contributed by atoms with Gasteiger partial charge >= 0.3 is 11.6 Å². The minimum atomic E-state index is -1.13. The van der Waals surface area contributed by atoms with Crippen molar-refractivity contribution in [3.63, 3.8) is 0 Å². The molecule has 0 saturated heterocycles. The Labute approximate surface area is 170 Å². The van der Waals surface area contributed by atoms with Crippen molar-refractivity contribution in [1.29, 1.82) is 0 Å².